The van der Waals surface area contributed by atoms with Gasteiger partial charge in [-0.2, -0.15) is 0 Å². The molecule has 2 aromatic carbocycles. The number of carbonyl (C=O) groups is 3. The van der Waals surface area contributed by atoms with Crippen LogP contribution in [0.2, 0.25) is 0 Å². The SMILES string of the molecule is CN(C)CCNC(=O)O[C@H]1CC[C@H](Nc2cc(-c3c4n(c5ccccc35)C(=O)CC(C)(C)C4)cc(F)c2C(N)=O)CC1. The van der Waals surface area contributed by atoms with Crippen LogP contribution in [0.3, 0.4) is 0 Å². The van der Waals surface area contributed by atoms with E-state index in [0.29, 0.717) is 56.3 Å². The molecule has 42 heavy (non-hydrogen) atoms. The van der Waals surface area contributed by atoms with Crippen LogP contribution in [-0.4, -0.2) is 66.7 Å². The molecular weight excluding hydrogens is 537 g/mol. The van der Waals surface area contributed by atoms with Crippen molar-refractivity contribution >= 4 is 34.5 Å². The number of benzene rings is 2. The van der Waals surface area contributed by atoms with Crippen LogP contribution in [0.4, 0.5) is 14.9 Å². The molecule has 2 amide bonds. The van der Waals surface area contributed by atoms with Crippen molar-refractivity contribution in [2.75, 3.05) is 32.5 Å². The molecule has 0 bridgehead atoms. The summed E-state index contributed by atoms with van der Waals surface area (Å²) in [4.78, 5) is 39.8. The third-order valence-corrected chi connectivity index (χ3v) is 8.26. The smallest absolute Gasteiger partial charge is 0.407 e. The number of hydrogen-bond donors (Lipinski definition) is 3. The van der Waals surface area contributed by atoms with E-state index in [9.17, 15) is 14.4 Å². The number of hydrogen-bond acceptors (Lipinski definition) is 6. The van der Waals surface area contributed by atoms with E-state index < -0.39 is 17.8 Å². The first-order chi connectivity index (χ1) is 19.9. The van der Waals surface area contributed by atoms with Crippen LogP contribution in [0.1, 0.15) is 66.8 Å². The van der Waals surface area contributed by atoms with Crippen LogP contribution in [0, 0.1) is 11.2 Å². The van der Waals surface area contributed by atoms with Gasteiger partial charge in [0.1, 0.15) is 11.9 Å². The Bertz CT molecular complexity index is 1520. The molecule has 3 aromatic rings. The van der Waals surface area contributed by atoms with Crippen LogP contribution in [0.15, 0.2) is 36.4 Å². The lowest BCUT2D eigenvalue weighted by Crippen LogP contribution is -2.36. The van der Waals surface area contributed by atoms with E-state index in [0.717, 1.165) is 28.7 Å². The minimum Gasteiger partial charge on any atom is -0.446 e. The maximum atomic E-state index is 15.6. The highest BCUT2D eigenvalue weighted by Crippen LogP contribution is 2.44. The fourth-order valence-corrected chi connectivity index (χ4v) is 6.31. The van der Waals surface area contributed by atoms with Gasteiger partial charge in [0.25, 0.3) is 5.91 Å². The number of nitrogens with one attached hydrogen (secondary N) is 2. The van der Waals surface area contributed by atoms with Crippen molar-refractivity contribution in [3.8, 4) is 11.1 Å². The van der Waals surface area contributed by atoms with E-state index in [-0.39, 0.29) is 29.0 Å². The number of ether oxygens (including phenoxy) is 1. The Kier molecular flexibility index (Phi) is 8.28. The van der Waals surface area contributed by atoms with Crippen molar-refractivity contribution < 1.29 is 23.5 Å². The number of halogens is 1. The first kappa shape index (κ1) is 29.6. The minimum atomic E-state index is -0.854. The molecule has 0 radical (unpaired) electrons. The number of likely N-dealkylation sites (N-methyl/N-ethyl adjacent to an activating group) is 1. The topological polar surface area (TPSA) is 119 Å². The van der Waals surface area contributed by atoms with Gasteiger partial charge in [-0.15, -0.1) is 0 Å². The van der Waals surface area contributed by atoms with E-state index in [4.69, 9.17) is 10.5 Å². The van der Waals surface area contributed by atoms with Crippen LogP contribution in [0.5, 0.6) is 0 Å². The summed E-state index contributed by atoms with van der Waals surface area (Å²) in [7, 11) is 3.87. The molecule has 4 N–H and O–H groups in total. The predicted octanol–water partition coefficient (Wildman–Crippen LogP) is 5.17. The van der Waals surface area contributed by atoms with Gasteiger partial charge in [0.05, 0.1) is 16.8 Å². The quantitative estimate of drug-likeness (QED) is 0.340. The van der Waals surface area contributed by atoms with Crippen LogP contribution in [0.25, 0.3) is 22.0 Å². The lowest BCUT2D eigenvalue weighted by molar-refractivity contribution is 0.0728. The summed E-state index contributed by atoms with van der Waals surface area (Å²) in [5, 5.41) is 7.00. The molecular formula is C32H40FN5O4. The van der Waals surface area contributed by atoms with Gasteiger partial charge in [0, 0.05) is 42.2 Å². The molecule has 1 fully saturated rings. The molecule has 10 heteroatoms. The highest BCUT2D eigenvalue weighted by molar-refractivity contribution is 6.06. The van der Waals surface area contributed by atoms with Crippen LogP contribution >= 0.6 is 0 Å². The number of carbonyl (C=O) groups excluding carboxylic acids is 3. The molecule has 0 spiro atoms. The summed E-state index contributed by atoms with van der Waals surface area (Å²) in [5.41, 5.74) is 8.56. The van der Waals surface area contributed by atoms with Crippen LogP contribution in [-0.2, 0) is 11.2 Å². The van der Waals surface area contributed by atoms with Crippen LogP contribution < -0.4 is 16.4 Å². The average Bonchev–Trinajstić information content (AvgIpc) is 3.22. The molecule has 1 saturated carbocycles. The largest absolute Gasteiger partial charge is 0.446 e. The predicted molar refractivity (Wildman–Crippen MR) is 161 cm³/mol. The average molecular weight is 578 g/mol. The molecule has 9 nitrogen and oxygen atoms in total. The van der Waals surface area contributed by atoms with Gasteiger partial charge >= 0.3 is 6.09 Å². The Hall–Kier alpha value is -3.92. The second-order valence-corrected chi connectivity index (χ2v) is 12.6. The molecule has 2 heterocycles. The lowest BCUT2D eigenvalue weighted by atomic mass is 9.80. The van der Waals surface area contributed by atoms with Crippen molar-refractivity contribution in [3.63, 3.8) is 0 Å². The highest BCUT2D eigenvalue weighted by atomic mass is 19.1. The number of para-hydroxylation sites is 1. The second kappa shape index (κ2) is 11.8. The van der Waals surface area contributed by atoms with Gasteiger partial charge in [-0.05, 0) is 75.4 Å². The summed E-state index contributed by atoms with van der Waals surface area (Å²) in [6.45, 7) is 5.35. The van der Waals surface area contributed by atoms with Gasteiger partial charge in [0.2, 0.25) is 5.91 Å². The molecule has 5 rings (SSSR count). The highest BCUT2D eigenvalue weighted by Gasteiger charge is 2.35. The van der Waals surface area contributed by atoms with Gasteiger partial charge in [0.15, 0.2) is 0 Å². The second-order valence-electron chi connectivity index (χ2n) is 12.6. The maximum absolute atomic E-state index is 15.6. The summed E-state index contributed by atoms with van der Waals surface area (Å²) >= 11 is 0. The molecule has 0 unspecified atom stereocenters. The fraction of sp³-hybridized carbons (Fsp3) is 0.469. The summed E-state index contributed by atoms with van der Waals surface area (Å²) in [6, 6.07) is 10.7. The molecule has 0 atom stereocenters. The normalized spacial score (nSPS) is 19.9. The third kappa shape index (κ3) is 6.13. The number of fused-ring (bicyclic) bond motifs is 3. The number of anilines is 1. The van der Waals surface area contributed by atoms with Crippen molar-refractivity contribution in [2.24, 2.45) is 11.1 Å². The first-order valence-corrected chi connectivity index (χ1v) is 14.6. The van der Waals surface area contributed by atoms with E-state index >= 15 is 4.39 Å². The molecule has 0 saturated heterocycles. The Balaban J connectivity index is 1.41. The fourth-order valence-electron chi connectivity index (χ4n) is 6.31. The number of amides is 2. The lowest BCUT2D eigenvalue weighted by Gasteiger charge is -2.31. The number of rotatable bonds is 8. The standard InChI is InChI=1S/C32H40FN5O4/c1-32(2)17-26-28(22-7-5-6-8-25(22)38(26)27(39)18-32)19-15-23(33)29(30(34)40)24(16-19)36-20-9-11-21(12-10-20)42-31(41)35-13-14-37(3)4/h5-8,15-16,20-21,36H,9-14,17-18H2,1-4H3,(H2,34,40)(H,35,41)/t20-,21-. The maximum Gasteiger partial charge on any atom is 0.407 e. The third-order valence-electron chi connectivity index (χ3n) is 8.26. The first-order valence-electron chi connectivity index (χ1n) is 14.6. The van der Waals surface area contributed by atoms with Gasteiger partial charge in [-0.25, -0.2) is 9.18 Å². The zero-order chi connectivity index (χ0) is 30.2. The molecule has 1 aromatic heterocycles. The van der Waals surface area contributed by atoms with Crippen molar-refractivity contribution in [3.05, 3.63) is 53.5 Å². The zero-order valence-electron chi connectivity index (χ0n) is 24.8. The van der Waals surface area contributed by atoms with Crippen molar-refractivity contribution in [2.45, 2.75) is 64.5 Å². The number of nitrogens with two attached hydrogens (primary N) is 1. The van der Waals surface area contributed by atoms with E-state index in [1.54, 1.807) is 10.6 Å². The number of nitrogens with zero attached hydrogens (tertiary/aromatic N) is 2. The zero-order valence-corrected chi connectivity index (χ0v) is 24.8. The van der Waals surface area contributed by atoms with Gasteiger partial charge in [-0.3, -0.25) is 14.2 Å². The van der Waals surface area contributed by atoms with E-state index in [1.165, 1.54) is 6.07 Å². The molecule has 224 valence electrons. The number of primary amides is 1. The van der Waals surface area contributed by atoms with Gasteiger partial charge in [-0.1, -0.05) is 32.0 Å². The Morgan fingerprint density at radius 3 is 2.52 bits per heavy atom. The number of aromatic nitrogens is 1. The van der Waals surface area contributed by atoms with Crippen molar-refractivity contribution in [1.82, 2.24) is 14.8 Å². The van der Waals surface area contributed by atoms with Crippen molar-refractivity contribution in [1.29, 1.82) is 0 Å². The summed E-state index contributed by atoms with van der Waals surface area (Å²) < 4.78 is 23.0. The summed E-state index contributed by atoms with van der Waals surface area (Å²) in [6.07, 6.45) is 3.06. The minimum absolute atomic E-state index is 0.0154. The Labute approximate surface area is 245 Å². The van der Waals surface area contributed by atoms with E-state index in [2.05, 4.69) is 24.5 Å². The monoisotopic (exact) mass is 577 g/mol. The molecule has 1 aliphatic heterocycles. The molecule has 1 aliphatic carbocycles. The van der Waals surface area contributed by atoms with E-state index in [1.807, 2.05) is 43.3 Å². The number of alkyl carbamates (subject to hydrolysis) is 1. The Morgan fingerprint density at radius 2 is 1.83 bits per heavy atom. The van der Waals surface area contributed by atoms with Gasteiger partial charge < -0.3 is 26.0 Å². The Morgan fingerprint density at radius 1 is 1.12 bits per heavy atom. The summed E-state index contributed by atoms with van der Waals surface area (Å²) in [5.74, 6) is -1.55. The molecule has 2 aliphatic rings.